The second-order valence-electron chi connectivity index (χ2n) is 5.44. The van der Waals surface area contributed by atoms with E-state index in [2.05, 4.69) is 17.1 Å². The largest absolute Gasteiger partial charge is 0.508 e. The van der Waals surface area contributed by atoms with E-state index in [4.69, 9.17) is 11.6 Å². The molecule has 0 unspecified atom stereocenters. The van der Waals surface area contributed by atoms with E-state index in [1.807, 2.05) is 25.1 Å². The average Bonchev–Trinajstić information content (AvgIpc) is 2.88. The molecular weight excluding hydrogens is 346 g/mol. The molecule has 5 heteroatoms. The Bertz CT molecular complexity index is 804. The molecule has 1 N–H and O–H groups in total. The predicted octanol–water partition coefficient (Wildman–Crippen LogP) is 6.72. The van der Waals surface area contributed by atoms with Crippen molar-refractivity contribution < 1.29 is 5.11 Å². The fourth-order valence-corrected chi connectivity index (χ4v) is 5.20. The first-order valence-electron chi connectivity index (χ1n) is 7.57. The highest BCUT2D eigenvalue weighted by Crippen LogP contribution is 2.37. The second kappa shape index (κ2) is 7.56. The van der Waals surface area contributed by atoms with Gasteiger partial charge in [0, 0.05) is 32.5 Å². The van der Waals surface area contributed by atoms with Crippen molar-refractivity contribution in [1.82, 2.24) is 0 Å². The number of benzene rings is 1. The van der Waals surface area contributed by atoms with Gasteiger partial charge in [-0.25, -0.2) is 0 Å². The Morgan fingerprint density at radius 3 is 3.00 bits per heavy atom. The maximum absolute atomic E-state index is 9.71. The van der Waals surface area contributed by atoms with E-state index in [1.165, 1.54) is 9.58 Å². The molecular formula is C18H18ClNOS2. The summed E-state index contributed by atoms with van der Waals surface area (Å²) in [5.74, 6) is 1.15. The number of hydrogen-bond donors (Lipinski definition) is 1. The number of aliphatic hydroxyl groups is 1. The van der Waals surface area contributed by atoms with Gasteiger partial charge in [0.15, 0.2) is 0 Å². The molecule has 0 radical (unpaired) electrons. The van der Waals surface area contributed by atoms with Gasteiger partial charge in [-0.05, 0) is 38.3 Å². The monoisotopic (exact) mass is 363 g/mol. The third-order valence-corrected chi connectivity index (χ3v) is 6.54. The molecule has 1 aliphatic heterocycles. The van der Waals surface area contributed by atoms with Crippen LogP contribution in [0.4, 0.5) is 0 Å². The summed E-state index contributed by atoms with van der Waals surface area (Å²) in [6, 6.07) is 8.25. The third-order valence-electron chi connectivity index (χ3n) is 3.58. The summed E-state index contributed by atoms with van der Waals surface area (Å²) in [5.41, 5.74) is 0.839. The average molecular weight is 364 g/mol. The van der Waals surface area contributed by atoms with E-state index in [-0.39, 0.29) is 0 Å². The Morgan fingerprint density at radius 1 is 1.35 bits per heavy atom. The van der Waals surface area contributed by atoms with Crippen LogP contribution in [0.2, 0.25) is 5.02 Å². The molecule has 0 atom stereocenters. The molecule has 0 saturated carbocycles. The van der Waals surface area contributed by atoms with Gasteiger partial charge >= 0.3 is 0 Å². The smallest absolute Gasteiger partial charge is 0.113 e. The van der Waals surface area contributed by atoms with Crippen LogP contribution in [0.3, 0.4) is 0 Å². The van der Waals surface area contributed by atoms with Crippen LogP contribution in [0.25, 0.3) is 10.1 Å². The lowest BCUT2D eigenvalue weighted by atomic mass is 10.2. The molecule has 0 amide bonds. The number of thioether (sulfide) groups is 1. The van der Waals surface area contributed by atoms with Gasteiger partial charge in [0.2, 0.25) is 0 Å². The number of halogens is 1. The van der Waals surface area contributed by atoms with E-state index in [9.17, 15) is 5.11 Å². The molecule has 1 aromatic carbocycles. The van der Waals surface area contributed by atoms with Crippen molar-refractivity contribution >= 4 is 49.8 Å². The van der Waals surface area contributed by atoms with Crippen LogP contribution in [0.1, 0.15) is 31.1 Å². The zero-order valence-corrected chi connectivity index (χ0v) is 15.3. The zero-order chi connectivity index (χ0) is 16.2. The maximum atomic E-state index is 9.71. The number of nitrogens with zero attached hydrogens (tertiary/aromatic N) is 1. The van der Waals surface area contributed by atoms with Crippen molar-refractivity contribution in [2.24, 2.45) is 4.99 Å². The predicted molar refractivity (Wildman–Crippen MR) is 104 cm³/mol. The molecule has 2 nitrogen and oxygen atoms in total. The van der Waals surface area contributed by atoms with Crippen LogP contribution >= 0.6 is 34.7 Å². The third kappa shape index (κ3) is 4.19. The lowest BCUT2D eigenvalue weighted by molar-refractivity contribution is 0.428. The van der Waals surface area contributed by atoms with Crippen molar-refractivity contribution in [2.45, 2.75) is 31.9 Å². The summed E-state index contributed by atoms with van der Waals surface area (Å²) in [5, 5.41) is 12.8. The highest BCUT2D eigenvalue weighted by molar-refractivity contribution is 8.13. The number of hydrogen-bond acceptors (Lipinski definition) is 4. The highest BCUT2D eigenvalue weighted by atomic mass is 35.5. The van der Waals surface area contributed by atoms with Crippen molar-refractivity contribution in [3.05, 3.63) is 57.8 Å². The van der Waals surface area contributed by atoms with Crippen LogP contribution in [-0.4, -0.2) is 10.2 Å². The quantitative estimate of drug-likeness (QED) is 0.642. The van der Waals surface area contributed by atoms with E-state index >= 15 is 0 Å². The number of aliphatic hydroxyl groups excluding tert-OH is 1. The lowest BCUT2D eigenvalue weighted by Crippen LogP contribution is -1.94. The maximum Gasteiger partial charge on any atom is 0.113 e. The summed E-state index contributed by atoms with van der Waals surface area (Å²) in [6.07, 6.45) is 6.38. The molecule has 0 aliphatic carbocycles. The van der Waals surface area contributed by atoms with Gasteiger partial charge in [-0.3, -0.25) is 4.99 Å². The Hall–Kier alpha value is -1.23. The van der Waals surface area contributed by atoms with Gasteiger partial charge in [0.1, 0.15) is 5.76 Å². The van der Waals surface area contributed by atoms with Gasteiger partial charge in [-0.2, -0.15) is 0 Å². The minimum atomic E-state index is 0.310. The molecule has 1 aliphatic rings. The molecule has 0 bridgehead atoms. The topological polar surface area (TPSA) is 32.6 Å². The van der Waals surface area contributed by atoms with Crippen LogP contribution in [-0.2, 0) is 5.75 Å². The summed E-state index contributed by atoms with van der Waals surface area (Å²) >= 11 is 10.0. The van der Waals surface area contributed by atoms with Crippen molar-refractivity contribution in [3.63, 3.8) is 0 Å². The number of aliphatic imine (C=N–C) groups is 1. The second-order valence-corrected chi connectivity index (χ2v) is 8.00. The molecule has 3 rings (SSSR count). The minimum Gasteiger partial charge on any atom is -0.508 e. The molecule has 120 valence electrons. The first-order valence-corrected chi connectivity index (χ1v) is 9.75. The van der Waals surface area contributed by atoms with Crippen LogP contribution in [0.5, 0.6) is 0 Å². The Balaban J connectivity index is 1.77. The number of rotatable bonds is 2. The van der Waals surface area contributed by atoms with Crippen LogP contribution < -0.4 is 0 Å². The van der Waals surface area contributed by atoms with Crippen LogP contribution in [0, 0.1) is 0 Å². The van der Waals surface area contributed by atoms with E-state index in [0.717, 1.165) is 46.2 Å². The fourth-order valence-electron chi connectivity index (χ4n) is 2.47. The number of allylic oxidation sites excluding steroid dienone is 3. The Kier molecular flexibility index (Phi) is 5.46. The van der Waals surface area contributed by atoms with Gasteiger partial charge in [-0.15, -0.1) is 23.1 Å². The summed E-state index contributed by atoms with van der Waals surface area (Å²) < 4.78 is 1.23. The fraction of sp³-hybridized carbons (Fsp3) is 0.278. The number of thiophene rings is 1. The van der Waals surface area contributed by atoms with Gasteiger partial charge in [0.05, 0.1) is 10.1 Å². The van der Waals surface area contributed by atoms with Gasteiger partial charge in [-0.1, -0.05) is 29.8 Å². The summed E-state index contributed by atoms with van der Waals surface area (Å²) in [6.45, 7) is 1.92. The lowest BCUT2D eigenvalue weighted by Gasteiger charge is -2.05. The van der Waals surface area contributed by atoms with E-state index in [1.54, 1.807) is 29.2 Å². The van der Waals surface area contributed by atoms with Gasteiger partial charge < -0.3 is 5.11 Å². The van der Waals surface area contributed by atoms with Gasteiger partial charge in [0.25, 0.3) is 0 Å². The summed E-state index contributed by atoms with van der Waals surface area (Å²) in [4.78, 5) is 5.84. The molecule has 2 aromatic rings. The normalized spacial score (nSPS) is 18.4. The molecule has 1 aromatic heterocycles. The Labute approximate surface area is 149 Å². The van der Waals surface area contributed by atoms with Crippen LogP contribution in [0.15, 0.2) is 52.9 Å². The first-order chi connectivity index (χ1) is 11.1. The number of fused-ring (bicyclic) bond motifs is 1. The SMILES string of the molecule is CC1=C/C(O)=C\CCCC(SCc2sc3ccccc3c2Cl)=N1. The molecule has 2 heterocycles. The van der Waals surface area contributed by atoms with Crippen molar-refractivity contribution in [2.75, 3.05) is 0 Å². The standard InChI is InChI=1S/C18H18ClNOS2/c1-12-10-13(21)6-2-5-9-17(20-12)22-11-16-18(19)14-7-3-4-8-15(14)23-16/h3-4,6-8,10,21H,2,5,9,11H2,1H3/b12-10?,13-6+,20-17?. The van der Waals surface area contributed by atoms with E-state index < -0.39 is 0 Å². The first kappa shape index (κ1) is 16.6. The molecule has 0 saturated heterocycles. The molecule has 0 fully saturated rings. The van der Waals surface area contributed by atoms with E-state index in [0.29, 0.717) is 5.76 Å². The van der Waals surface area contributed by atoms with Crippen molar-refractivity contribution in [1.29, 1.82) is 0 Å². The Morgan fingerprint density at radius 2 is 2.17 bits per heavy atom. The molecule has 23 heavy (non-hydrogen) atoms. The minimum absolute atomic E-state index is 0.310. The van der Waals surface area contributed by atoms with Crippen molar-refractivity contribution in [3.8, 4) is 0 Å². The zero-order valence-electron chi connectivity index (χ0n) is 12.9. The summed E-state index contributed by atoms with van der Waals surface area (Å²) in [7, 11) is 0. The highest BCUT2D eigenvalue weighted by Gasteiger charge is 2.12. The molecule has 0 spiro atoms.